The molecule has 0 atom stereocenters. The summed E-state index contributed by atoms with van der Waals surface area (Å²) in [6.45, 7) is 7.55. The second kappa shape index (κ2) is 7.62. The van der Waals surface area contributed by atoms with Crippen molar-refractivity contribution in [2.24, 2.45) is 5.92 Å². The third-order valence-electron chi connectivity index (χ3n) is 2.97. The van der Waals surface area contributed by atoms with Gasteiger partial charge in [0, 0.05) is 6.08 Å². The highest BCUT2D eigenvalue weighted by Gasteiger charge is 2.35. The molecule has 1 aliphatic rings. The van der Waals surface area contributed by atoms with Crippen LogP contribution in [-0.2, 0) is 23.9 Å². The molecular formula is C15H20O5. The van der Waals surface area contributed by atoms with Gasteiger partial charge in [0.15, 0.2) is 0 Å². The van der Waals surface area contributed by atoms with Crippen molar-refractivity contribution < 1.29 is 23.9 Å². The molecule has 0 amide bonds. The Labute approximate surface area is 118 Å². The molecule has 1 heterocycles. The molecule has 5 heteroatoms. The van der Waals surface area contributed by atoms with Crippen molar-refractivity contribution in [2.45, 2.75) is 46.0 Å². The monoisotopic (exact) mass is 280 g/mol. The van der Waals surface area contributed by atoms with Crippen LogP contribution in [0.1, 0.15) is 46.0 Å². The summed E-state index contributed by atoms with van der Waals surface area (Å²) in [6, 6.07) is 0. The normalized spacial score (nSPS) is 14.8. The van der Waals surface area contributed by atoms with Crippen molar-refractivity contribution in [3.8, 4) is 0 Å². The molecule has 0 aromatic heterocycles. The van der Waals surface area contributed by atoms with Crippen LogP contribution < -0.4 is 0 Å². The van der Waals surface area contributed by atoms with Gasteiger partial charge in [-0.25, -0.2) is 14.4 Å². The molecule has 0 saturated carbocycles. The number of cyclic esters (lactones) is 2. The fraction of sp³-hybridized carbons (Fsp3) is 0.533. The number of rotatable bonds is 8. The maximum Gasteiger partial charge on any atom is 0.382 e. The van der Waals surface area contributed by atoms with Gasteiger partial charge in [-0.05, 0) is 18.8 Å². The Hall–Kier alpha value is -1.91. The van der Waals surface area contributed by atoms with E-state index in [4.69, 9.17) is 4.74 Å². The molecule has 0 aromatic carbocycles. The Morgan fingerprint density at radius 3 is 2.55 bits per heavy atom. The lowest BCUT2D eigenvalue weighted by atomic mass is 10.0. The Morgan fingerprint density at radius 1 is 1.25 bits per heavy atom. The van der Waals surface area contributed by atoms with Crippen molar-refractivity contribution in [3.63, 3.8) is 0 Å². The second-order valence-corrected chi connectivity index (χ2v) is 5.10. The maximum absolute atomic E-state index is 11.5. The summed E-state index contributed by atoms with van der Waals surface area (Å²) in [5.41, 5.74) is 0.148. The van der Waals surface area contributed by atoms with E-state index in [2.05, 4.69) is 25.2 Å². The summed E-state index contributed by atoms with van der Waals surface area (Å²) in [5, 5.41) is 0. The van der Waals surface area contributed by atoms with E-state index < -0.39 is 17.9 Å². The predicted octanol–water partition coefficient (Wildman–Crippen LogP) is 2.66. The highest BCUT2D eigenvalue weighted by atomic mass is 16.6. The first kappa shape index (κ1) is 16.1. The molecule has 5 nitrogen and oxygen atoms in total. The van der Waals surface area contributed by atoms with Gasteiger partial charge < -0.3 is 9.47 Å². The number of carbonyl (C=O) groups is 3. The summed E-state index contributed by atoms with van der Waals surface area (Å²) in [5.74, 6) is -2.03. The summed E-state index contributed by atoms with van der Waals surface area (Å²) in [4.78, 5) is 34.1. The smallest absolute Gasteiger partial charge is 0.382 e. The van der Waals surface area contributed by atoms with Crippen LogP contribution in [0.2, 0.25) is 0 Å². The quantitative estimate of drug-likeness (QED) is 0.296. The molecule has 0 radical (unpaired) electrons. The lowest BCUT2D eigenvalue weighted by Crippen LogP contribution is -2.08. The van der Waals surface area contributed by atoms with E-state index in [1.165, 1.54) is 0 Å². The third kappa shape index (κ3) is 4.64. The van der Waals surface area contributed by atoms with Crippen LogP contribution >= 0.6 is 0 Å². The molecule has 0 saturated heterocycles. The zero-order chi connectivity index (χ0) is 15.1. The van der Waals surface area contributed by atoms with Crippen LogP contribution in [0.15, 0.2) is 24.0 Å². The summed E-state index contributed by atoms with van der Waals surface area (Å²) in [6.07, 6.45) is 5.20. The fourth-order valence-electron chi connectivity index (χ4n) is 1.90. The number of ether oxygens (including phenoxy) is 2. The minimum Gasteiger partial charge on any atom is -0.415 e. The topological polar surface area (TPSA) is 69.7 Å². The van der Waals surface area contributed by atoms with Crippen LogP contribution in [0, 0.1) is 5.92 Å². The largest absolute Gasteiger partial charge is 0.415 e. The molecular weight excluding hydrogens is 260 g/mol. The van der Waals surface area contributed by atoms with Crippen LogP contribution in [0.25, 0.3) is 0 Å². The van der Waals surface area contributed by atoms with Crippen molar-refractivity contribution >= 4 is 17.9 Å². The molecule has 20 heavy (non-hydrogen) atoms. The van der Waals surface area contributed by atoms with E-state index in [9.17, 15) is 14.4 Å². The summed E-state index contributed by atoms with van der Waals surface area (Å²) in [7, 11) is 0. The maximum atomic E-state index is 11.5. The highest BCUT2D eigenvalue weighted by molar-refractivity contribution is 6.12. The van der Waals surface area contributed by atoms with E-state index in [1.54, 1.807) is 0 Å². The zero-order valence-electron chi connectivity index (χ0n) is 11.9. The Morgan fingerprint density at radius 2 is 1.95 bits per heavy atom. The van der Waals surface area contributed by atoms with Gasteiger partial charge in [-0.3, -0.25) is 0 Å². The number of unbranched alkanes of at least 4 members (excludes halogenated alkanes) is 2. The number of carbonyl (C=O) groups excluding carboxylic acids is 3. The molecule has 0 spiro atoms. The minimum absolute atomic E-state index is 0.148. The van der Waals surface area contributed by atoms with E-state index in [1.807, 2.05) is 0 Å². The standard InChI is InChI=1S/C15H20O5/c1-4-12(16)19-13-11(14(17)20-15(13)18)9-7-5-6-8-10(2)3/h4,10H,1,5-9H2,2-3H3. The van der Waals surface area contributed by atoms with E-state index in [0.29, 0.717) is 12.3 Å². The lowest BCUT2D eigenvalue weighted by Gasteiger charge is -2.04. The van der Waals surface area contributed by atoms with Crippen LogP contribution in [0.4, 0.5) is 0 Å². The first-order valence-electron chi connectivity index (χ1n) is 6.79. The Kier molecular flexibility index (Phi) is 6.15. The SMILES string of the molecule is C=CC(=O)OC1=C(CCCCCC(C)C)C(=O)OC1=O. The van der Waals surface area contributed by atoms with E-state index in [0.717, 1.165) is 31.8 Å². The van der Waals surface area contributed by atoms with Crippen molar-refractivity contribution in [2.75, 3.05) is 0 Å². The van der Waals surface area contributed by atoms with E-state index >= 15 is 0 Å². The average Bonchev–Trinajstić information content (AvgIpc) is 2.64. The van der Waals surface area contributed by atoms with Crippen molar-refractivity contribution in [1.29, 1.82) is 0 Å². The molecule has 0 aliphatic carbocycles. The summed E-state index contributed by atoms with van der Waals surface area (Å²) >= 11 is 0. The van der Waals surface area contributed by atoms with Gasteiger partial charge in [0.2, 0.25) is 5.76 Å². The van der Waals surface area contributed by atoms with Crippen LogP contribution in [0.5, 0.6) is 0 Å². The van der Waals surface area contributed by atoms with Gasteiger partial charge in [-0.15, -0.1) is 0 Å². The third-order valence-corrected chi connectivity index (χ3v) is 2.97. The van der Waals surface area contributed by atoms with Gasteiger partial charge in [0.05, 0.1) is 5.57 Å². The van der Waals surface area contributed by atoms with Gasteiger partial charge in [0.25, 0.3) is 0 Å². The van der Waals surface area contributed by atoms with Gasteiger partial charge >= 0.3 is 17.9 Å². The van der Waals surface area contributed by atoms with Gasteiger partial charge in [0.1, 0.15) is 0 Å². The average molecular weight is 280 g/mol. The second-order valence-electron chi connectivity index (χ2n) is 5.10. The van der Waals surface area contributed by atoms with Gasteiger partial charge in [-0.2, -0.15) is 0 Å². The number of esters is 3. The molecule has 110 valence electrons. The molecule has 0 aromatic rings. The molecule has 1 rings (SSSR count). The van der Waals surface area contributed by atoms with Crippen LogP contribution in [0.3, 0.4) is 0 Å². The van der Waals surface area contributed by atoms with Crippen molar-refractivity contribution in [3.05, 3.63) is 24.0 Å². The summed E-state index contributed by atoms with van der Waals surface area (Å²) < 4.78 is 9.24. The zero-order valence-corrected chi connectivity index (χ0v) is 11.9. The first-order valence-corrected chi connectivity index (χ1v) is 6.79. The van der Waals surface area contributed by atoms with Crippen molar-refractivity contribution in [1.82, 2.24) is 0 Å². The molecule has 0 unspecified atom stereocenters. The fourth-order valence-corrected chi connectivity index (χ4v) is 1.90. The predicted molar refractivity (Wildman–Crippen MR) is 72.3 cm³/mol. The van der Waals surface area contributed by atoms with E-state index in [-0.39, 0.29) is 11.3 Å². The first-order chi connectivity index (χ1) is 9.45. The molecule has 0 N–H and O–H groups in total. The minimum atomic E-state index is -0.901. The Bertz CT molecular complexity index is 445. The van der Waals surface area contributed by atoms with Crippen LogP contribution in [-0.4, -0.2) is 17.9 Å². The number of hydrogen-bond donors (Lipinski definition) is 0. The molecule has 0 bridgehead atoms. The lowest BCUT2D eigenvalue weighted by molar-refractivity contribution is -0.154. The highest BCUT2D eigenvalue weighted by Crippen LogP contribution is 2.24. The number of hydrogen-bond acceptors (Lipinski definition) is 5. The molecule has 0 fully saturated rings. The Balaban J connectivity index is 2.57. The van der Waals surface area contributed by atoms with Gasteiger partial charge in [-0.1, -0.05) is 39.7 Å². The molecule has 1 aliphatic heterocycles.